The summed E-state index contributed by atoms with van der Waals surface area (Å²) >= 11 is 1.04. The molecule has 0 radical (unpaired) electrons. The number of halogens is 3. The maximum atomic E-state index is 13.7. The van der Waals surface area contributed by atoms with Crippen molar-refractivity contribution in [2.45, 2.75) is 43.0 Å². The third-order valence-corrected chi connectivity index (χ3v) is 5.38. The van der Waals surface area contributed by atoms with Crippen molar-refractivity contribution in [3.8, 4) is 0 Å². The summed E-state index contributed by atoms with van der Waals surface area (Å²) in [6.45, 7) is 1.74. The van der Waals surface area contributed by atoms with E-state index in [1.165, 1.54) is 0 Å². The summed E-state index contributed by atoms with van der Waals surface area (Å²) in [5, 5.41) is 1.87. The molecule has 1 heterocycles. The van der Waals surface area contributed by atoms with Gasteiger partial charge in [0, 0.05) is 5.56 Å². The smallest absolute Gasteiger partial charge is 0.254 e. The average molecular weight is 383 g/mol. The van der Waals surface area contributed by atoms with Gasteiger partial charge in [-0.15, -0.1) is 0 Å². The average Bonchev–Trinajstić information content (AvgIpc) is 3.09. The Hall–Kier alpha value is -2.29. The first-order chi connectivity index (χ1) is 12.4. The van der Waals surface area contributed by atoms with Crippen molar-refractivity contribution in [2.75, 3.05) is 5.32 Å². The number of hydrogen-bond donors (Lipinski definition) is 2. The highest BCUT2D eigenvalue weighted by Gasteiger charge is 2.24. The van der Waals surface area contributed by atoms with Gasteiger partial charge in [-0.3, -0.25) is 9.59 Å². The molecule has 0 saturated heterocycles. The molecule has 1 amide bonds. The number of rotatable bonds is 5. The number of fused-ring (bicyclic) bond motifs is 1. The first kappa shape index (κ1) is 18.5. The van der Waals surface area contributed by atoms with Gasteiger partial charge >= 0.3 is 0 Å². The van der Waals surface area contributed by atoms with E-state index in [1.54, 1.807) is 6.92 Å². The molecule has 0 spiro atoms. The zero-order chi connectivity index (χ0) is 18.8. The van der Waals surface area contributed by atoms with Gasteiger partial charge in [-0.1, -0.05) is 18.7 Å². The van der Waals surface area contributed by atoms with Gasteiger partial charge in [0.15, 0.2) is 22.6 Å². The minimum Gasteiger partial charge on any atom is -0.323 e. The van der Waals surface area contributed by atoms with E-state index in [9.17, 15) is 22.8 Å². The Morgan fingerprint density at radius 2 is 2.08 bits per heavy atom. The minimum absolute atomic E-state index is 0.211. The van der Waals surface area contributed by atoms with Crippen molar-refractivity contribution < 1.29 is 18.0 Å². The first-order valence-corrected chi connectivity index (χ1v) is 9.01. The summed E-state index contributed by atoms with van der Waals surface area (Å²) in [6, 6.07) is 1.69. The van der Waals surface area contributed by atoms with Crippen molar-refractivity contribution in [3.05, 3.63) is 51.2 Å². The number of benzene rings is 1. The topological polar surface area (TPSA) is 74.8 Å². The fourth-order valence-corrected chi connectivity index (χ4v) is 3.68. The van der Waals surface area contributed by atoms with Gasteiger partial charge < -0.3 is 10.3 Å². The van der Waals surface area contributed by atoms with Crippen molar-refractivity contribution in [1.82, 2.24) is 9.97 Å². The molecule has 9 heteroatoms. The number of aromatic amines is 1. The van der Waals surface area contributed by atoms with E-state index in [0.717, 1.165) is 42.4 Å². The molecule has 1 aromatic carbocycles. The number of nitrogens with one attached hydrogen (secondary N) is 2. The lowest BCUT2D eigenvalue weighted by molar-refractivity contribution is -0.115. The lowest BCUT2D eigenvalue weighted by Gasteiger charge is -2.15. The lowest BCUT2D eigenvalue weighted by Crippen LogP contribution is -2.26. The number of carbonyl (C=O) groups is 1. The van der Waals surface area contributed by atoms with Gasteiger partial charge in [0.1, 0.15) is 0 Å². The van der Waals surface area contributed by atoms with E-state index in [4.69, 9.17) is 0 Å². The molecule has 1 unspecified atom stereocenters. The maximum absolute atomic E-state index is 13.7. The predicted octanol–water partition coefficient (Wildman–Crippen LogP) is 3.19. The number of carbonyl (C=O) groups excluding carboxylic acids is 1. The molecule has 0 saturated carbocycles. The van der Waals surface area contributed by atoms with Crippen LogP contribution in [0.2, 0.25) is 0 Å². The Morgan fingerprint density at radius 3 is 2.81 bits per heavy atom. The van der Waals surface area contributed by atoms with E-state index in [2.05, 4.69) is 15.3 Å². The fraction of sp³-hybridized carbons (Fsp3) is 0.353. The van der Waals surface area contributed by atoms with Crippen LogP contribution in [0.15, 0.2) is 22.1 Å². The fourth-order valence-electron chi connectivity index (χ4n) is 2.77. The molecular formula is C17H16F3N3O2S. The Balaban J connectivity index is 1.77. The highest BCUT2D eigenvalue weighted by atomic mass is 32.2. The monoisotopic (exact) mass is 383 g/mol. The number of nitrogens with zero attached hydrogens (tertiary/aromatic N) is 1. The Labute approximate surface area is 151 Å². The van der Waals surface area contributed by atoms with Crippen molar-refractivity contribution in [2.24, 2.45) is 0 Å². The quantitative estimate of drug-likeness (QED) is 0.472. The van der Waals surface area contributed by atoms with Crippen LogP contribution in [0, 0.1) is 17.5 Å². The highest BCUT2D eigenvalue weighted by Crippen LogP contribution is 2.26. The normalized spacial score (nSPS) is 14.2. The van der Waals surface area contributed by atoms with E-state index in [-0.39, 0.29) is 5.56 Å². The number of H-pyrrole nitrogens is 1. The largest absolute Gasteiger partial charge is 0.323 e. The lowest BCUT2D eigenvalue weighted by atomic mass is 10.2. The Morgan fingerprint density at radius 1 is 1.31 bits per heavy atom. The SMILES string of the molecule is CCC(Sc1nc2c(c(=O)[nH]1)CCC2)C(=O)Nc1ccc(F)c(F)c1F. The predicted molar refractivity (Wildman–Crippen MR) is 91.8 cm³/mol. The van der Waals surface area contributed by atoms with Gasteiger partial charge in [0.25, 0.3) is 5.56 Å². The van der Waals surface area contributed by atoms with Gasteiger partial charge in [0.2, 0.25) is 5.91 Å². The summed E-state index contributed by atoms with van der Waals surface area (Å²) in [7, 11) is 0. The summed E-state index contributed by atoms with van der Waals surface area (Å²) in [5.41, 5.74) is 0.758. The molecule has 0 aliphatic heterocycles. The standard InChI is InChI=1S/C17H16F3N3O2S/c1-2-12(16(25)21-11-7-6-9(18)13(19)14(11)20)26-17-22-10-5-3-4-8(10)15(24)23-17/h6-7,12H,2-5H2,1H3,(H,21,25)(H,22,23,24). The van der Waals surface area contributed by atoms with E-state index in [1.807, 2.05) is 0 Å². The van der Waals surface area contributed by atoms with E-state index < -0.39 is 34.3 Å². The molecule has 1 atom stereocenters. The van der Waals surface area contributed by atoms with Crippen LogP contribution in [-0.2, 0) is 17.6 Å². The second-order valence-corrected chi connectivity index (χ2v) is 7.07. The van der Waals surface area contributed by atoms with E-state index >= 15 is 0 Å². The van der Waals surface area contributed by atoms with Crippen LogP contribution in [0.1, 0.15) is 31.0 Å². The Bertz CT molecular complexity index is 917. The summed E-state index contributed by atoms with van der Waals surface area (Å²) in [5.74, 6) is -5.03. The van der Waals surface area contributed by atoms with Crippen LogP contribution in [-0.4, -0.2) is 21.1 Å². The molecule has 1 aromatic heterocycles. The van der Waals surface area contributed by atoms with Gasteiger partial charge in [-0.2, -0.15) is 0 Å². The molecule has 138 valence electrons. The third kappa shape index (κ3) is 3.62. The summed E-state index contributed by atoms with van der Waals surface area (Å²) < 4.78 is 40.0. The third-order valence-electron chi connectivity index (χ3n) is 4.13. The molecular weight excluding hydrogens is 367 g/mol. The molecule has 0 bridgehead atoms. The maximum Gasteiger partial charge on any atom is 0.254 e. The number of thioether (sulfide) groups is 1. The number of amides is 1. The molecule has 26 heavy (non-hydrogen) atoms. The minimum atomic E-state index is -1.65. The highest BCUT2D eigenvalue weighted by molar-refractivity contribution is 8.00. The van der Waals surface area contributed by atoms with Crippen LogP contribution in [0.5, 0.6) is 0 Å². The van der Waals surface area contributed by atoms with Gasteiger partial charge in [0.05, 0.1) is 16.6 Å². The molecule has 5 nitrogen and oxygen atoms in total. The molecule has 2 N–H and O–H groups in total. The van der Waals surface area contributed by atoms with Crippen LogP contribution < -0.4 is 10.9 Å². The van der Waals surface area contributed by atoms with Crippen LogP contribution in [0.3, 0.4) is 0 Å². The Kier molecular flexibility index (Phi) is 5.36. The van der Waals surface area contributed by atoms with Crippen LogP contribution >= 0.6 is 11.8 Å². The van der Waals surface area contributed by atoms with Crippen molar-refractivity contribution in [3.63, 3.8) is 0 Å². The van der Waals surface area contributed by atoms with Gasteiger partial charge in [-0.25, -0.2) is 18.2 Å². The molecule has 2 aromatic rings. The zero-order valence-corrected chi connectivity index (χ0v) is 14.7. The molecule has 1 aliphatic rings. The number of hydrogen-bond acceptors (Lipinski definition) is 4. The summed E-state index contributed by atoms with van der Waals surface area (Å²) in [6.07, 6.45) is 2.64. The first-order valence-electron chi connectivity index (χ1n) is 8.13. The number of aromatic nitrogens is 2. The molecule has 0 fully saturated rings. The zero-order valence-electron chi connectivity index (χ0n) is 13.9. The van der Waals surface area contributed by atoms with Crippen molar-refractivity contribution in [1.29, 1.82) is 0 Å². The van der Waals surface area contributed by atoms with Gasteiger partial charge in [-0.05, 0) is 37.8 Å². The molecule has 1 aliphatic carbocycles. The second kappa shape index (κ2) is 7.53. The van der Waals surface area contributed by atoms with Crippen molar-refractivity contribution >= 4 is 23.4 Å². The van der Waals surface area contributed by atoms with E-state index in [0.29, 0.717) is 23.6 Å². The number of aryl methyl sites for hydroxylation is 1. The van der Waals surface area contributed by atoms with Crippen LogP contribution in [0.25, 0.3) is 0 Å². The second-order valence-electron chi connectivity index (χ2n) is 5.88. The van der Waals surface area contributed by atoms with Crippen LogP contribution in [0.4, 0.5) is 18.9 Å². The summed E-state index contributed by atoms with van der Waals surface area (Å²) in [4.78, 5) is 31.5. The molecule has 3 rings (SSSR count). The number of anilines is 1.